The van der Waals surface area contributed by atoms with Gasteiger partial charge in [-0.05, 0) is 78.6 Å². The Morgan fingerprint density at radius 1 is 1.02 bits per heavy atom. The molecule has 3 aromatic carbocycles. The van der Waals surface area contributed by atoms with Crippen LogP contribution < -0.4 is 29.6 Å². The van der Waals surface area contributed by atoms with E-state index in [1.165, 1.54) is 5.56 Å². The maximum atomic E-state index is 13.1. The molecule has 1 saturated carbocycles. The van der Waals surface area contributed by atoms with E-state index in [1.54, 1.807) is 13.8 Å². The zero-order chi connectivity index (χ0) is 28.6. The van der Waals surface area contributed by atoms with Crippen molar-refractivity contribution in [1.29, 1.82) is 0 Å². The fourth-order valence-corrected chi connectivity index (χ4v) is 7.41. The van der Waals surface area contributed by atoms with Crippen molar-refractivity contribution in [2.24, 2.45) is 5.41 Å². The number of hydrogen-bond acceptors (Lipinski definition) is 5. The van der Waals surface area contributed by atoms with Crippen molar-refractivity contribution in [3.05, 3.63) is 112 Å². The van der Waals surface area contributed by atoms with Gasteiger partial charge in [0.1, 0.15) is 6.10 Å². The molecule has 2 atom stereocenters. The van der Waals surface area contributed by atoms with Gasteiger partial charge in [-0.3, -0.25) is 4.79 Å². The predicted molar refractivity (Wildman–Crippen MR) is 169 cm³/mol. The third-order valence-electron chi connectivity index (χ3n) is 8.14. The number of rotatable bonds is 5. The minimum atomic E-state index is -1.05. The van der Waals surface area contributed by atoms with Crippen LogP contribution in [0.2, 0.25) is 5.02 Å². The molecular weight excluding hydrogens is 573 g/mol. The van der Waals surface area contributed by atoms with Gasteiger partial charge in [0.15, 0.2) is 0 Å². The summed E-state index contributed by atoms with van der Waals surface area (Å²) in [6.07, 6.45) is 6.91. The summed E-state index contributed by atoms with van der Waals surface area (Å²) in [7, 11) is 0. The van der Waals surface area contributed by atoms with Crippen molar-refractivity contribution >= 4 is 52.4 Å². The zero-order valence-corrected chi connectivity index (χ0v) is 27.9. The van der Waals surface area contributed by atoms with E-state index in [1.807, 2.05) is 66.4 Å². The van der Waals surface area contributed by atoms with Crippen molar-refractivity contribution in [3.8, 4) is 0 Å². The predicted octanol–water partition coefficient (Wildman–Crippen LogP) is 5.92. The van der Waals surface area contributed by atoms with Crippen LogP contribution in [0.3, 0.4) is 0 Å². The molecule has 2 aliphatic rings. The monoisotopic (exact) mass is 606 g/mol. The van der Waals surface area contributed by atoms with Crippen molar-refractivity contribution in [3.63, 3.8) is 0 Å². The first kappa shape index (κ1) is 31.3. The Morgan fingerprint density at radius 2 is 1.81 bits per heavy atom. The fourth-order valence-electron chi connectivity index (χ4n) is 5.64. The van der Waals surface area contributed by atoms with E-state index in [-0.39, 0.29) is 46.2 Å². The van der Waals surface area contributed by atoms with E-state index in [4.69, 9.17) is 21.3 Å². The molecule has 210 valence electrons. The first-order valence-corrected chi connectivity index (χ1v) is 15.6. The average molecular weight is 607 g/mol. The Hall–Kier alpha value is -2.12. The first-order chi connectivity index (χ1) is 19.7. The van der Waals surface area contributed by atoms with E-state index < -0.39 is 11.7 Å². The van der Waals surface area contributed by atoms with Crippen LogP contribution in [0.4, 0.5) is 0 Å². The van der Waals surface area contributed by atoms with Gasteiger partial charge in [-0.2, -0.15) is 11.8 Å². The third kappa shape index (κ3) is 7.32. The van der Waals surface area contributed by atoms with Gasteiger partial charge in [0.2, 0.25) is 0 Å². The minimum Gasteiger partial charge on any atom is -0.457 e. The van der Waals surface area contributed by atoms with E-state index >= 15 is 0 Å². The molecule has 1 aromatic heterocycles. The molecule has 0 amide bonds. The van der Waals surface area contributed by atoms with E-state index in [9.17, 15) is 9.90 Å². The largest absolute Gasteiger partial charge is 1.00 e. The Labute approximate surface area is 279 Å². The van der Waals surface area contributed by atoms with Crippen molar-refractivity contribution in [2.45, 2.75) is 56.5 Å². The van der Waals surface area contributed by atoms with Crippen LogP contribution in [0, 0.1) is 5.41 Å². The summed E-state index contributed by atoms with van der Waals surface area (Å²) < 4.78 is 6.20. The summed E-state index contributed by atoms with van der Waals surface area (Å²) in [5.74, 6) is 0.802. The molecule has 1 aliphatic carbocycles. The molecule has 1 aliphatic heterocycles. The number of carbonyl (C=O) groups excluding carboxylic acids is 1. The molecule has 1 spiro atoms. The molecule has 42 heavy (non-hydrogen) atoms. The van der Waals surface area contributed by atoms with Crippen LogP contribution in [0.25, 0.3) is 23.1 Å². The smallest absolute Gasteiger partial charge is 0.457 e. The number of fused-ring (bicyclic) bond motifs is 1. The number of aromatic nitrogens is 1. The molecule has 2 heterocycles. The normalized spacial score (nSPS) is 20.4. The Bertz CT molecular complexity index is 1630. The van der Waals surface area contributed by atoms with Gasteiger partial charge < -0.3 is 9.84 Å². The number of esters is 1. The second-order valence-corrected chi connectivity index (χ2v) is 13.5. The summed E-state index contributed by atoms with van der Waals surface area (Å²) >= 11 is 8.11. The molecule has 0 bridgehead atoms. The molecule has 1 unspecified atom stereocenters. The summed E-state index contributed by atoms with van der Waals surface area (Å²) in [5, 5.41) is 12.8. The molecule has 4 nitrogen and oxygen atoms in total. The van der Waals surface area contributed by atoms with Gasteiger partial charge in [-0.25, -0.2) is 4.98 Å². The summed E-state index contributed by atoms with van der Waals surface area (Å²) in [6, 6.07) is 26.2. The molecule has 0 radical (unpaired) electrons. The van der Waals surface area contributed by atoms with Crippen molar-refractivity contribution < 1.29 is 44.2 Å². The van der Waals surface area contributed by atoms with Gasteiger partial charge in [0.25, 0.3) is 0 Å². The third-order valence-corrected chi connectivity index (χ3v) is 10.0. The number of pyridine rings is 1. The van der Waals surface area contributed by atoms with Crippen molar-refractivity contribution in [1.82, 2.24) is 4.98 Å². The number of hydrogen-bond donors (Lipinski definition) is 1. The number of thioether (sulfide) groups is 1. The van der Waals surface area contributed by atoms with E-state index in [0.717, 1.165) is 51.9 Å². The molecular formula is C35H34ClNNaO3S+. The summed E-state index contributed by atoms with van der Waals surface area (Å²) in [6.45, 7) is 3.56. The molecule has 1 saturated heterocycles. The van der Waals surface area contributed by atoms with Gasteiger partial charge in [-0.1, -0.05) is 78.3 Å². The van der Waals surface area contributed by atoms with E-state index in [0.29, 0.717) is 17.9 Å². The van der Waals surface area contributed by atoms with Crippen LogP contribution in [0.1, 0.15) is 78.8 Å². The van der Waals surface area contributed by atoms with E-state index in [2.05, 4.69) is 36.4 Å². The number of benzene rings is 3. The summed E-state index contributed by atoms with van der Waals surface area (Å²) in [5.41, 5.74) is 4.70. The van der Waals surface area contributed by atoms with Crippen LogP contribution in [-0.2, 0) is 15.1 Å². The van der Waals surface area contributed by atoms with Gasteiger partial charge in [-0.15, -0.1) is 0 Å². The Kier molecular flexibility index (Phi) is 9.58. The van der Waals surface area contributed by atoms with Gasteiger partial charge in [0.05, 0.1) is 23.2 Å². The molecule has 1 N–H and O–H groups in total. The van der Waals surface area contributed by atoms with Crippen molar-refractivity contribution in [2.75, 3.05) is 5.75 Å². The number of carbonyl (C=O) groups is 1. The maximum Gasteiger partial charge on any atom is 1.00 e. The average Bonchev–Trinajstić information content (AvgIpc) is 3.70. The maximum absolute atomic E-state index is 13.1. The van der Waals surface area contributed by atoms with Crippen LogP contribution in [0.15, 0.2) is 78.9 Å². The van der Waals surface area contributed by atoms with Crippen LogP contribution >= 0.6 is 23.4 Å². The number of ether oxygens (including phenoxy) is 1. The fraction of sp³-hybridized carbons (Fsp3) is 0.314. The second-order valence-electron chi connectivity index (χ2n) is 11.9. The summed E-state index contributed by atoms with van der Waals surface area (Å²) in [4.78, 5) is 17.8. The SMILES string of the molecule is CC(C)(O)c1ccccc1C1C[C@H](c2cccc(/C=C/c3ccc4ccc(Cl)cc4n3)c2)SCC2(CC2)CC(=O)O1.[Na+]. The van der Waals surface area contributed by atoms with Crippen LogP contribution in [0.5, 0.6) is 0 Å². The first-order valence-electron chi connectivity index (χ1n) is 14.1. The second kappa shape index (κ2) is 12.9. The molecule has 2 fully saturated rings. The van der Waals surface area contributed by atoms with Crippen LogP contribution in [-0.4, -0.2) is 21.8 Å². The standard InChI is InChI=1S/C35H34ClNO3S.Na/c1-34(2,39)29-9-4-3-8-28(29)31-20-32(41-22-35(16-17-35)21-33(38)40-31)25-7-5-6-23(18-25)10-14-27-15-12-24-11-13-26(36)19-30(24)37-27;/h3-15,18-19,31-32,39H,16-17,20-22H2,1-2H3;/q;+1/b14-10+;/t31?,32-;/m1./s1. The molecule has 4 aromatic rings. The van der Waals surface area contributed by atoms with Gasteiger partial charge in [0, 0.05) is 27.8 Å². The number of nitrogens with zero attached hydrogens (tertiary/aromatic N) is 1. The van der Waals surface area contributed by atoms with Gasteiger partial charge >= 0.3 is 35.5 Å². The quantitative estimate of drug-likeness (QED) is 0.226. The zero-order valence-electron chi connectivity index (χ0n) is 24.3. The number of halogens is 1. The minimum absolute atomic E-state index is 0. The Morgan fingerprint density at radius 3 is 2.60 bits per heavy atom. The molecule has 7 heteroatoms. The Balaban J connectivity index is 0.00000353. The number of aliphatic hydroxyl groups is 1. The molecule has 6 rings (SSSR count). The topological polar surface area (TPSA) is 59.4 Å². The number of cyclic esters (lactones) is 1.